The highest BCUT2D eigenvalue weighted by Gasteiger charge is 2.20. The van der Waals surface area contributed by atoms with Crippen molar-refractivity contribution in [2.45, 2.75) is 31.2 Å². The molecule has 0 fully saturated rings. The highest BCUT2D eigenvalue weighted by atomic mass is 35.5. The van der Waals surface area contributed by atoms with E-state index in [9.17, 15) is 4.79 Å². The smallest absolute Gasteiger partial charge is 0.229 e. The average Bonchev–Trinajstić information content (AvgIpc) is 3.22. The van der Waals surface area contributed by atoms with Gasteiger partial charge in [0.25, 0.3) is 0 Å². The number of pyridine rings is 1. The van der Waals surface area contributed by atoms with Crippen LogP contribution in [0.4, 0.5) is 5.13 Å². The Balaban J connectivity index is 1.47. The normalized spacial score (nSPS) is 11.0. The van der Waals surface area contributed by atoms with E-state index >= 15 is 0 Å². The zero-order chi connectivity index (χ0) is 21.6. The van der Waals surface area contributed by atoms with Gasteiger partial charge < -0.3 is 0 Å². The third-order valence-electron chi connectivity index (χ3n) is 4.81. The summed E-state index contributed by atoms with van der Waals surface area (Å²) in [5.74, 6) is 0.959. The second-order valence-electron chi connectivity index (χ2n) is 7.18. The van der Waals surface area contributed by atoms with Crippen molar-refractivity contribution in [3.05, 3.63) is 83.1 Å². The Labute approximate surface area is 195 Å². The van der Waals surface area contributed by atoms with Gasteiger partial charge in [0.2, 0.25) is 5.91 Å². The minimum atomic E-state index is 0.0662. The number of halogens is 1. The number of nitrogens with zero attached hydrogens (tertiary/aromatic N) is 3. The number of benzene rings is 2. The summed E-state index contributed by atoms with van der Waals surface area (Å²) in [5, 5.41) is 1.28. The molecule has 2 aromatic heterocycles. The molecule has 0 bridgehead atoms. The standard InChI is InChI=1S/C24H22ClN3OS2/c1-17-7-9-19(10-8-17)30-15-3-6-22(29)28(16-18-11-13-26-14-12-18)24-27-23-20(25)4-2-5-21(23)31-24/h2,4-5,7-14H,3,6,15-16H2,1H3. The predicted molar refractivity (Wildman–Crippen MR) is 131 cm³/mol. The number of hydrogen-bond acceptors (Lipinski definition) is 5. The molecule has 0 aliphatic carbocycles. The summed E-state index contributed by atoms with van der Waals surface area (Å²) in [4.78, 5) is 25.0. The SMILES string of the molecule is Cc1ccc(SCCCC(=O)N(Cc2ccncc2)c2nc3c(Cl)cccc3s2)cc1. The lowest BCUT2D eigenvalue weighted by molar-refractivity contribution is -0.118. The van der Waals surface area contributed by atoms with Crippen molar-refractivity contribution in [3.8, 4) is 0 Å². The van der Waals surface area contributed by atoms with Crippen LogP contribution in [-0.4, -0.2) is 21.6 Å². The molecule has 158 valence electrons. The highest BCUT2D eigenvalue weighted by molar-refractivity contribution is 7.99. The van der Waals surface area contributed by atoms with E-state index in [1.807, 2.05) is 30.3 Å². The van der Waals surface area contributed by atoms with Gasteiger partial charge in [0, 0.05) is 23.7 Å². The fourth-order valence-corrected chi connectivity index (χ4v) is 5.27. The van der Waals surface area contributed by atoms with E-state index in [1.54, 1.807) is 29.1 Å². The Morgan fingerprint density at radius 2 is 1.87 bits per heavy atom. The van der Waals surface area contributed by atoms with E-state index < -0.39 is 0 Å². The fourth-order valence-electron chi connectivity index (χ4n) is 3.13. The summed E-state index contributed by atoms with van der Waals surface area (Å²) in [6.07, 6.45) is 4.75. The van der Waals surface area contributed by atoms with E-state index in [4.69, 9.17) is 11.6 Å². The minimum absolute atomic E-state index is 0.0662. The lowest BCUT2D eigenvalue weighted by Gasteiger charge is -2.20. The zero-order valence-corrected chi connectivity index (χ0v) is 19.5. The zero-order valence-electron chi connectivity index (χ0n) is 17.1. The maximum Gasteiger partial charge on any atom is 0.229 e. The summed E-state index contributed by atoms with van der Waals surface area (Å²) in [7, 11) is 0. The van der Waals surface area contributed by atoms with E-state index in [1.165, 1.54) is 21.8 Å². The number of aromatic nitrogens is 2. The number of amides is 1. The molecule has 7 heteroatoms. The fraction of sp³-hybridized carbons (Fsp3) is 0.208. The van der Waals surface area contributed by atoms with E-state index in [0.717, 1.165) is 28.0 Å². The Morgan fingerprint density at radius 1 is 1.10 bits per heavy atom. The molecule has 0 N–H and O–H groups in total. The number of hydrogen-bond donors (Lipinski definition) is 0. The summed E-state index contributed by atoms with van der Waals surface area (Å²) >= 11 is 9.59. The predicted octanol–water partition coefficient (Wildman–Crippen LogP) is 6.76. The van der Waals surface area contributed by atoms with E-state index in [0.29, 0.717) is 23.1 Å². The molecule has 0 aliphatic rings. The van der Waals surface area contributed by atoms with E-state index in [2.05, 4.69) is 41.2 Å². The summed E-state index contributed by atoms with van der Waals surface area (Å²) in [6.45, 7) is 2.55. The van der Waals surface area contributed by atoms with Crippen molar-refractivity contribution in [1.82, 2.24) is 9.97 Å². The molecule has 0 atom stereocenters. The van der Waals surface area contributed by atoms with E-state index in [-0.39, 0.29) is 5.91 Å². The molecule has 4 aromatic rings. The molecule has 0 unspecified atom stereocenters. The van der Waals surface area contributed by atoms with Crippen LogP contribution in [0, 0.1) is 6.92 Å². The highest BCUT2D eigenvalue weighted by Crippen LogP contribution is 2.34. The van der Waals surface area contributed by atoms with Gasteiger partial charge in [0.05, 0.1) is 16.3 Å². The molecule has 0 saturated heterocycles. The molecule has 1 amide bonds. The van der Waals surface area contributed by atoms with Gasteiger partial charge in [-0.15, -0.1) is 11.8 Å². The quantitative estimate of drug-likeness (QED) is 0.212. The minimum Gasteiger partial charge on any atom is -0.284 e. The third-order valence-corrected chi connectivity index (χ3v) is 7.25. The Bertz CT molecular complexity index is 1160. The van der Waals surface area contributed by atoms with Crippen molar-refractivity contribution < 1.29 is 4.79 Å². The molecule has 0 saturated carbocycles. The van der Waals surface area contributed by atoms with Gasteiger partial charge in [0.1, 0.15) is 5.52 Å². The first kappa shape index (κ1) is 21.8. The van der Waals surface area contributed by atoms with Crippen LogP contribution in [0.3, 0.4) is 0 Å². The topological polar surface area (TPSA) is 46.1 Å². The van der Waals surface area contributed by atoms with Crippen molar-refractivity contribution in [3.63, 3.8) is 0 Å². The number of fused-ring (bicyclic) bond motifs is 1. The number of rotatable bonds is 8. The van der Waals surface area contributed by atoms with Crippen LogP contribution in [0.5, 0.6) is 0 Å². The van der Waals surface area contributed by atoms with Gasteiger partial charge in [-0.25, -0.2) is 4.98 Å². The molecule has 31 heavy (non-hydrogen) atoms. The molecule has 0 radical (unpaired) electrons. The van der Waals surface area contributed by atoms with Gasteiger partial charge >= 0.3 is 0 Å². The first-order valence-electron chi connectivity index (χ1n) is 10.0. The first-order chi connectivity index (χ1) is 15.1. The van der Waals surface area contributed by atoms with Crippen LogP contribution in [0.1, 0.15) is 24.0 Å². The Kier molecular flexibility index (Phi) is 7.22. The molecule has 2 heterocycles. The summed E-state index contributed by atoms with van der Waals surface area (Å²) in [6, 6.07) is 18.0. The molecule has 0 spiro atoms. The number of thioether (sulfide) groups is 1. The number of aryl methyl sites for hydroxylation is 1. The van der Waals surface area contributed by atoms with Crippen molar-refractivity contribution in [2.24, 2.45) is 0 Å². The summed E-state index contributed by atoms with van der Waals surface area (Å²) < 4.78 is 0.977. The van der Waals surface area contributed by atoms with Gasteiger partial charge in [-0.1, -0.05) is 46.7 Å². The molecular formula is C24H22ClN3OS2. The average molecular weight is 468 g/mol. The largest absolute Gasteiger partial charge is 0.284 e. The lowest BCUT2D eigenvalue weighted by Crippen LogP contribution is -2.30. The summed E-state index contributed by atoms with van der Waals surface area (Å²) in [5.41, 5.74) is 3.01. The molecule has 2 aromatic carbocycles. The Hall–Kier alpha value is -2.41. The van der Waals surface area contributed by atoms with Gasteiger partial charge in [-0.05, 0) is 61.1 Å². The van der Waals surface area contributed by atoms with Crippen LogP contribution in [0.15, 0.2) is 71.9 Å². The monoisotopic (exact) mass is 467 g/mol. The van der Waals surface area contributed by atoms with Crippen LogP contribution >= 0.6 is 34.7 Å². The lowest BCUT2D eigenvalue weighted by atomic mass is 10.2. The second kappa shape index (κ2) is 10.3. The number of carbonyl (C=O) groups excluding carboxylic acids is 1. The van der Waals surface area contributed by atoms with Gasteiger partial charge in [0.15, 0.2) is 5.13 Å². The molecule has 4 nitrogen and oxygen atoms in total. The first-order valence-corrected chi connectivity index (χ1v) is 12.2. The third kappa shape index (κ3) is 5.64. The van der Waals surface area contributed by atoms with Crippen LogP contribution in [0.2, 0.25) is 5.02 Å². The second-order valence-corrected chi connectivity index (χ2v) is 9.77. The molecule has 4 rings (SSSR count). The van der Waals surface area contributed by atoms with Crippen molar-refractivity contribution in [1.29, 1.82) is 0 Å². The number of anilines is 1. The van der Waals surface area contributed by atoms with Gasteiger partial charge in [-0.2, -0.15) is 0 Å². The van der Waals surface area contributed by atoms with Crippen LogP contribution in [-0.2, 0) is 11.3 Å². The van der Waals surface area contributed by atoms with Crippen LogP contribution in [0.25, 0.3) is 10.2 Å². The van der Waals surface area contributed by atoms with Crippen molar-refractivity contribution >= 4 is 56.0 Å². The maximum atomic E-state index is 13.2. The van der Waals surface area contributed by atoms with Crippen LogP contribution < -0.4 is 4.90 Å². The molecule has 0 aliphatic heterocycles. The number of carbonyl (C=O) groups is 1. The number of para-hydroxylation sites is 1. The maximum absolute atomic E-state index is 13.2. The number of thiazole rings is 1. The molecular weight excluding hydrogens is 446 g/mol. The van der Waals surface area contributed by atoms with Crippen molar-refractivity contribution in [2.75, 3.05) is 10.7 Å². The van der Waals surface area contributed by atoms with Gasteiger partial charge in [-0.3, -0.25) is 14.7 Å². The Morgan fingerprint density at radius 3 is 2.61 bits per heavy atom.